The Morgan fingerprint density at radius 2 is 2.11 bits per heavy atom. The highest BCUT2D eigenvalue weighted by molar-refractivity contribution is 5.93. The molecule has 0 radical (unpaired) electrons. The van der Waals surface area contributed by atoms with Gasteiger partial charge in [-0.3, -0.25) is 0 Å². The molecule has 1 aliphatic rings. The lowest BCUT2D eigenvalue weighted by molar-refractivity contribution is -0.145. The zero-order chi connectivity index (χ0) is 13.5. The van der Waals surface area contributed by atoms with Gasteiger partial charge in [0.05, 0.1) is 13.2 Å². The molecule has 7 nitrogen and oxygen atoms in total. The summed E-state index contributed by atoms with van der Waals surface area (Å²) in [4.78, 5) is 22.8. The quantitative estimate of drug-likeness (QED) is 0.422. The first-order chi connectivity index (χ1) is 8.63. The van der Waals surface area contributed by atoms with Crippen LogP contribution >= 0.6 is 0 Å². The molecular formula is C11H14N2O5. The maximum Gasteiger partial charge on any atom is 0.354 e. The molecule has 1 atom stereocenters. The number of ether oxygens (including phenoxy) is 3. The summed E-state index contributed by atoms with van der Waals surface area (Å²) in [6.45, 7) is 3.72. The fraction of sp³-hybridized carbons (Fsp3) is 0.545. The molecule has 1 saturated heterocycles. The minimum Gasteiger partial charge on any atom is -0.475 e. The molecule has 18 heavy (non-hydrogen) atoms. The van der Waals surface area contributed by atoms with Crippen LogP contribution in [-0.2, 0) is 23.8 Å². The van der Waals surface area contributed by atoms with Crippen LogP contribution in [0.5, 0.6) is 0 Å². The summed E-state index contributed by atoms with van der Waals surface area (Å²) >= 11 is 0. The number of hydrogen-bond acceptors (Lipinski definition) is 7. The first-order valence-corrected chi connectivity index (χ1v) is 5.51. The molecule has 1 rings (SSSR count). The Balaban J connectivity index is 2.76. The molecule has 7 heteroatoms. The Morgan fingerprint density at radius 3 is 2.67 bits per heavy atom. The third-order valence-corrected chi connectivity index (χ3v) is 2.09. The fourth-order valence-electron chi connectivity index (χ4n) is 1.31. The third-order valence-electron chi connectivity index (χ3n) is 2.09. The van der Waals surface area contributed by atoms with Crippen molar-refractivity contribution in [3.8, 4) is 6.07 Å². The smallest absolute Gasteiger partial charge is 0.354 e. The maximum absolute atomic E-state index is 11.4. The molecule has 0 amide bonds. The van der Waals surface area contributed by atoms with Crippen molar-refractivity contribution in [3.05, 3.63) is 11.5 Å². The van der Waals surface area contributed by atoms with Gasteiger partial charge >= 0.3 is 11.9 Å². The van der Waals surface area contributed by atoms with Crippen molar-refractivity contribution in [3.63, 3.8) is 0 Å². The van der Waals surface area contributed by atoms with Gasteiger partial charge in [0.2, 0.25) is 5.88 Å². The van der Waals surface area contributed by atoms with Crippen LogP contribution in [0.4, 0.5) is 0 Å². The highest BCUT2D eigenvalue weighted by Crippen LogP contribution is 2.13. The minimum absolute atomic E-state index is 0.0127. The third kappa shape index (κ3) is 3.13. The summed E-state index contributed by atoms with van der Waals surface area (Å²) in [6.07, 6.45) is 0. The van der Waals surface area contributed by atoms with Crippen LogP contribution < -0.4 is 5.32 Å². The lowest BCUT2D eigenvalue weighted by Crippen LogP contribution is -2.34. The lowest BCUT2D eigenvalue weighted by atomic mass is 10.3. The molecule has 1 unspecified atom stereocenters. The molecule has 0 saturated carbocycles. The van der Waals surface area contributed by atoms with Crippen molar-refractivity contribution >= 4 is 11.9 Å². The molecule has 1 aliphatic heterocycles. The summed E-state index contributed by atoms with van der Waals surface area (Å²) in [7, 11) is 0. The van der Waals surface area contributed by atoms with Gasteiger partial charge in [0.1, 0.15) is 12.7 Å². The number of carbonyl (C=O) groups excluding carboxylic acids is 2. The zero-order valence-electron chi connectivity index (χ0n) is 10.2. The Labute approximate surface area is 104 Å². The Hall–Kier alpha value is -2.23. The van der Waals surface area contributed by atoms with Crippen molar-refractivity contribution < 1.29 is 23.8 Å². The maximum atomic E-state index is 11.4. The predicted molar refractivity (Wildman–Crippen MR) is 58.8 cm³/mol. The molecule has 0 aliphatic carbocycles. The van der Waals surface area contributed by atoms with Crippen molar-refractivity contribution in [1.82, 2.24) is 5.32 Å². The van der Waals surface area contributed by atoms with E-state index in [1.807, 2.05) is 0 Å². The number of rotatable bonds is 4. The highest BCUT2D eigenvalue weighted by Gasteiger charge is 2.32. The van der Waals surface area contributed by atoms with E-state index in [2.05, 4.69) is 5.32 Å². The molecule has 0 aromatic carbocycles. The molecule has 0 aromatic heterocycles. The summed E-state index contributed by atoms with van der Waals surface area (Å²) in [6, 6.07) is 0.975. The van der Waals surface area contributed by atoms with Crippen LogP contribution in [0.15, 0.2) is 11.5 Å². The van der Waals surface area contributed by atoms with Crippen LogP contribution in [0, 0.1) is 11.3 Å². The standard InChI is InChI=1S/C11H14N2O5/c1-3-16-10(14)7(5-12)9-13-8(6-18-9)11(15)17-4-2/h8,13H,3-4,6H2,1-2H3/b9-7-. The molecule has 1 fully saturated rings. The second-order valence-corrected chi connectivity index (χ2v) is 3.30. The SMILES string of the molecule is CCOC(=O)/C(C#N)=C1/NC(C(=O)OCC)CO1. The second kappa shape index (κ2) is 6.49. The van der Waals surface area contributed by atoms with E-state index < -0.39 is 18.0 Å². The van der Waals surface area contributed by atoms with Gasteiger partial charge < -0.3 is 19.5 Å². The summed E-state index contributed by atoms with van der Waals surface area (Å²) < 4.78 is 14.6. The average molecular weight is 254 g/mol. The predicted octanol–water partition coefficient (Wildman–Crippen LogP) is -0.164. The fourth-order valence-corrected chi connectivity index (χ4v) is 1.31. The van der Waals surface area contributed by atoms with Gasteiger partial charge in [-0.2, -0.15) is 5.26 Å². The van der Waals surface area contributed by atoms with Crippen molar-refractivity contribution in [2.75, 3.05) is 19.8 Å². The van der Waals surface area contributed by atoms with Gasteiger partial charge in [-0.05, 0) is 13.8 Å². The normalized spacial score (nSPS) is 20.2. The largest absolute Gasteiger partial charge is 0.475 e. The van der Waals surface area contributed by atoms with Gasteiger partial charge in [-0.1, -0.05) is 0 Å². The Morgan fingerprint density at radius 1 is 1.44 bits per heavy atom. The second-order valence-electron chi connectivity index (χ2n) is 3.30. The zero-order valence-corrected chi connectivity index (χ0v) is 10.2. The number of hydrogen-bond donors (Lipinski definition) is 1. The topological polar surface area (TPSA) is 97.7 Å². The molecule has 1 N–H and O–H groups in total. The van der Waals surface area contributed by atoms with Crippen molar-refractivity contribution in [2.45, 2.75) is 19.9 Å². The molecular weight excluding hydrogens is 240 g/mol. The van der Waals surface area contributed by atoms with E-state index in [-0.39, 0.29) is 31.3 Å². The number of esters is 2. The first kappa shape index (κ1) is 13.8. The monoisotopic (exact) mass is 254 g/mol. The van der Waals surface area contributed by atoms with Crippen LogP contribution in [0.25, 0.3) is 0 Å². The Bertz CT molecular complexity index is 410. The van der Waals surface area contributed by atoms with Gasteiger partial charge in [0, 0.05) is 0 Å². The van der Waals surface area contributed by atoms with E-state index in [9.17, 15) is 9.59 Å². The first-order valence-electron chi connectivity index (χ1n) is 5.51. The van der Waals surface area contributed by atoms with Crippen LogP contribution in [0.1, 0.15) is 13.8 Å². The van der Waals surface area contributed by atoms with Gasteiger partial charge in [0.25, 0.3) is 0 Å². The Kier molecular flexibility index (Phi) is 4.99. The molecule has 1 heterocycles. The lowest BCUT2D eigenvalue weighted by Gasteiger charge is -2.07. The number of nitrogens with zero attached hydrogens (tertiary/aromatic N) is 1. The van der Waals surface area contributed by atoms with Gasteiger partial charge in [0.15, 0.2) is 11.6 Å². The van der Waals surface area contributed by atoms with Crippen LogP contribution in [0.3, 0.4) is 0 Å². The number of nitriles is 1. The van der Waals surface area contributed by atoms with E-state index in [4.69, 9.17) is 19.5 Å². The molecule has 0 bridgehead atoms. The van der Waals surface area contributed by atoms with E-state index in [0.717, 1.165) is 0 Å². The number of nitrogens with one attached hydrogen (secondary N) is 1. The van der Waals surface area contributed by atoms with E-state index in [1.165, 1.54) is 0 Å². The summed E-state index contributed by atoms with van der Waals surface area (Å²) in [5.74, 6) is -1.32. The summed E-state index contributed by atoms with van der Waals surface area (Å²) in [5, 5.41) is 11.5. The minimum atomic E-state index is -0.785. The van der Waals surface area contributed by atoms with Gasteiger partial charge in [-0.25, -0.2) is 9.59 Å². The summed E-state index contributed by atoms with van der Waals surface area (Å²) in [5.41, 5.74) is -0.288. The van der Waals surface area contributed by atoms with E-state index in [1.54, 1.807) is 19.9 Å². The molecule has 98 valence electrons. The van der Waals surface area contributed by atoms with Crippen LogP contribution in [-0.4, -0.2) is 37.8 Å². The van der Waals surface area contributed by atoms with Gasteiger partial charge in [-0.15, -0.1) is 0 Å². The molecule has 0 aromatic rings. The van der Waals surface area contributed by atoms with E-state index in [0.29, 0.717) is 0 Å². The average Bonchev–Trinajstić information content (AvgIpc) is 2.80. The highest BCUT2D eigenvalue weighted by atomic mass is 16.6. The van der Waals surface area contributed by atoms with Crippen LogP contribution in [0.2, 0.25) is 0 Å². The van der Waals surface area contributed by atoms with Crippen molar-refractivity contribution in [2.24, 2.45) is 0 Å². The van der Waals surface area contributed by atoms with Crippen molar-refractivity contribution in [1.29, 1.82) is 5.26 Å². The number of carbonyl (C=O) groups is 2. The molecule has 0 spiro atoms. The van der Waals surface area contributed by atoms with E-state index >= 15 is 0 Å².